The smallest absolute Gasteiger partial charge is 0.416 e. The molecule has 0 radical (unpaired) electrons. The maximum atomic E-state index is 12.9. The van der Waals surface area contributed by atoms with E-state index in [1.807, 2.05) is 13.0 Å². The molecule has 0 unspecified atom stereocenters. The number of aliphatic carboxylic acids is 1. The van der Waals surface area contributed by atoms with Gasteiger partial charge in [0, 0.05) is 12.1 Å². The van der Waals surface area contributed by atoms with Crippen LogP contribution in [0.3, 0.4) is 0 Å². The maximum Gasteiger partial charge on any atom is 0.416 e. The zero-order valence-electron chi connectivity index (χ0n) is 19.6. The molecule has 0 saturated carbocycles. The minimum absolute atomic E-state index is 0.207. The lowest BCUT2D eigenvalue weighted by Gasteiger charge is -2.23. The topological polar surface area (TPSA) is 75.6 Å². The second-order valence-corrected chi connectivity index (χ2v) is 8.72. The first-order valence-electron chi connectivity index (χ1n) is 10.9. The van der Waals surface area contributed by atoms with Gasteiger partial charge in [0.05, 0.1) is 5.56 Å². The van der Waals surface area contributed by atoms with Crippen molar-refractivity contribution in [3.63, 3.8) is 0 Å². The fourth-order valence-corrected chi connectivity index (χ4v) is 3.40. The summed E-state index contributed by atoms with van der Waals surface area (Å²) in [4.78, 5) is 23.6. The monoisotopic (exact) mass is 485 g/mol. The lowest BCUT2D eigenvalue weighted by molar-refractivity contribution is -0.152. The van der Waals surface area contributed by atoms with Crippen LogP contribution < -0.4 is 10.1 Å². The van der Waals surface area contributed by atoms with Crippen molar-refractivity contribution >= 4 is 17.6 Å². The van der Waals surface area contributed by atoms with Gasteiger partial charge in [-0.15, -0.1) is 0 Å². The summed E-state index contributed by atoms with van der Waals surface area (Å²) in [6, 6.07) is 17.0. The van der Waals surface area contributed by atoms with Crippen molar-refractivity contribution in [1.82, 2.24) is 0 Å². The number of ether oxygens (including phenoxy) is 1. The molecule has 0 spiro atoms. The number of nitrogens with one attached hydrogen (secondary N) is 1. The number of hydrogen-bond acceptors (Lipinski definition) is 3. The van der Waals surface area contributed by atoms with Gasteiger partial charge in [-0.25, -0.2) is 4.79 Å². The van der Waals surface area contributed by atoms with E-state index >= 15 is 0 Å². The molecule has 184 valence electrons. The summed E-state index contributed by atoms with van der Waals surface area (Å²) in [6.45, 7) is 4.75. The van der Waals surface area contributed by atoms with E-state index in [0.29, 0.717) is 29.0 Å². The van der Waals surface area contributed by atoms with Gasteiger partial charge < -0.3 is 15.2 Å². The number of halogens is 3. The zero-order chi connectivity index (χ0) is 25.8. The summed E-state index contributed by atoms with van der Waals surface area (Å²) in [7, 11) is 0. The number of anilines is 1. The number of carboxylic acid groups (broad SMARTS) is 1. The highest BCUT2D eigenvalue weighted by Gasteiger charge is 2.31. The summed E-state index contributed by atoms with van der Waals surface area (Å²) in [5.41, 5.74) is 1.18. The first kappa shape index (κ1) is 25.8. The van der Waals surface area contributed by atoms with Crippen molar-refractivity contribution in [2.75, 3.05) is 5.32 Å². The van der Waals surface area contributed by atoms with Gasteiger partial charge in [0.1, 0.15) is 5.75 Å². The number of benzene rings is 3. The lowest BCUT2D eigenvalue weighted by Crippen LogP contribution is -2.38. The SMILES string of the molecule is Cc1cc(CCC(=O)Nc2ccc(-c3cccc(C(F)(F)F)c3)cc2)ccc1OC(C)(C)C(=O)O. The highest BCUT2D eigenvalue weighted by Crippen LogP contribution is 2.32. The largest absolute Gasteiger partial charge is 0.478 e. The van der Waals surface area contributed by atoms with Gasteiger partial charge in [0.15, 0.2) is 5.60 Å². The van der Waals surface area contributed by atoms with E-state index in [1.54, 1.807) is 42.5 Å². The molecule has 3 aromatic carbocycles. The molecular weight excluding hydrogens is 459 g/mol. The van der Waals surface area contributed by atoms with E-state index < -0.39 is 23.3 Å². The fraction of sp³-hybridized carbons (Fsp3) is 0.259. The number of alkyl halides is 3. The van der Waals surface area contributed by atoms with Gasteiger partial charge >= 0.3 is 12.1 Å². The molecule has 3 aromatic rings. The van der Waals surface area contributed by atoms with Crippen LogP contribution in [0.25, 0.3) is 11.1 Å². The lowest BCUT2D eigenvalue weighted by atomic mass is 10.0. The Morgan fingerprint density at radius 1 is 0.943 bits per heavy atom. The number of carboxylic acids is 1. The van der Waals surface area contributed by atoms with Crippen LogP contribution in [0, 0.1) is 6.92 Å². The van der Waals surface area contributed by atoms with Crippen LogP contribution in [0.1, 0.15) is 37.0 Å². The molecule has 35 heavy (non-hydrogen) atoms. The summed E-state index contributed by atoms with van der Waals surface area (Å²) >= 11 is 0. The summed E-state index contributed by atoms with van der Waals surface area (Å²) < 4.78 is 44.4. The first-order valence-corrected chi connectivity index (χ1v) is 10.9. The highest BCUT2D eigenvalue weighted by molar-refractivity contribution is 5.91. The number of carbonyl (C=O) groups excluding carboxylic acids is 1. The molecule has 0 saturated heterocycles. The first-order chi connectivity index (χ1) is 16.3. The molecular formula is C27H26F3NO4. The van der Waals surface area contributed by atoms with Gasteiger partial charge in [0.25, 0.3) is 0 Å². The normalized spacial score (nSPS) is 11.7. The van der Waals surface area contributed by atoms with Crippen molar-refractivity contribution in [2.24, 2.45) is 0 Å². The van der Waals surface area contributed by atoms with E-state index in [2.05, 4.69) is 5.32 Å². The van der Waals surface area contributed by atoms with E-state index in [1.165, 1.54) is 19.9 Å². The van der Waals surface area contributed by atoms with Crippen LogP contribution in [-0.4, -0.2) is 22.6 Å². The van der Waals surface area contributed by atoms with Gasteiger partial charge in [-0.2, -0.15) is 13.2 Å². The van der Waals surface area contributed by atoms with Crippen LogP contribution in [0.5, 0.6) is 5.75 Å². The molecule has 0 atom stereocenters. The Bertz CT molecular complexity index is 1220. The zero-order valence-corrected chi connectivity index (χ0v) is 19.6. The number of amides is 1. The van der Waals surface area contributed by atoms with Crippen LogP contribution >= 0.6 is 0 Å². The van der Waals surface area contributed by atoms with Crippen LogP contribution in [0.2, 0.25) is 0 Å². The molecule has 0 aliphatic carbocycles. The number of carbonyl (C=O) groups is 2. The van der Waals surface area contributed by atoms with E-state index in [0.717, 1.165) is 23.3 Å². The van der Waals surface area contributed by atoms with Crippen LogP contribution in [-0.2, 0) is 22.2 Å². The average molecular weight is 486 g/mol. The molecule has 5 nitrogen and oxygen atoms in total. The minimum atomic E-state index is -4.41. The van der Waals surface area contributed by atoms with Gasteiger partial charge in [-0.3, -0.25) is 4.79 Å². The number of rotatable bonds is 8. The van der Waals surface area contributed by atoms with Gasteiger partial charge in [-0.05, 0) is 79.8 Å². The van der Waals surface area contributed by atoms with Gasteiger partial charge in [0.2, 0.25) is 5.91 Å². The van der Waals surface area contributed by atoms with E-state index in [4.69, 9.17) is 4.74 Å². The molecule has 0 fully saturated rings. The molecule has 0 aliphatic heterocycles. The third-order valence-corrected chi connectivity index (χ3v) is 5.45. The van der Waals surface area contributed by atoms with Crippen molar-refractivity contribution in [3.8, 4) is 16.9 Å². The predicted molar refractivity (Wildman–Crippen MR) is 127 cm³/mol. The van der Waals surface area contributed by atoms with Crippen molar-refractivity contribution in [1.29, 1.82) is 0 Å². The summed E-state index contributed by atoms with van der Waals surface area (Å²) in [5.74, 6) is -0.811. The number of hydrogen-bond donors (Lipinski definition) is 2. The summed E-state index contributed by atoms with van der Waals surface area (Å²) in [5, 5.41) is 12.0. The Kier molecular flexibility index (Phi) is 7.53. The molecule has 0 aromatic heterocycles. The Morgan fingerprint density at radius 3 is 2.23 bits per heavy atom. The van der Waals surface area contributed by atoms with Crippen LogP contribution in [0.4, 0.5) is 18.9 Å². The molecule has 0 aliphatic rings. The third kappa shape index (κ3) is 6.85. The Hall–Kier alpha value is -3.81. The Labute approximate surface area is 201 Å². The van der Waals surface area contributed by atoms with Crippen molar-refractivity contribution < 1.29 is 32.6 Å². The quantitative estimate of drug-likeness (QED) is 0.382. The van der Waals surface area contributed by atoms with Crippen molar-refractivity contribution in [2.45, 2.75) is 45.4 Å². The predicted octanol–water partition coefficient (Wildman–Crippen LogP) is 6.49. The average Bonchev–Trinajstić information content (AvgIpc) is 2.79. The maximum absolute atomic E-state index is 12.9. The molecule has 1 amide bonds. The van der Waals surface area contributed by atoms with E-state index in [9.17, 15) is 27.9 Å². The second kappa shape index (κ2) is 10.2. The molecule has 0 bridgehead atoms. The Balaban J connectivity index is 1.58. The summed E-state index contributed by atoms with van der Waals surface area (Å²) in [6.07, 6.45) is -3.72. The second-order valence-electron chi connectivity index (χ2n) is 8.72. The van der Waals surface area contributed by atoms with Crippen molar-refractivity contribution in [3.05, 3.63) is 83.4 Å². The molecule has 8 heteroatoms. The minimum Gasteiger partial charge on any atom is -0.478 e. The van der Waals surface area contributed by atoms with Crippen LogP contribution in [0.15, 0.2) is 66.7 Å². The van der Waals surface area contributed by atoms with E-state index in [-0.39, 0.29) is 12.3 Å². The molecule has 3 rings (SSSR count). The fourth-order valence-electron chi connectivity index (χ4n) is 3.40. The Morgan fingerprint density at radius 2 is 1.63 bits per heavy atom. The van der Waals surface area contributed by atoms with Gasteiger partial charge in [-0.1, -0.05) is 36.4 Å². The molecule has 0 heterocycles. The standard InChI is InChI=1S/C27H26F3NO4/c1-17-15-18(7-13-23(17)35-26(2,3)25(33)34)8-14-24(32)31-22-11-9-19(10-12-22)20-5-4-6-21(16-20)27(28,29)30/h4-7,9-13,15-16H,8,14H2,1-3H3,(H,31,32)(H,33,34). The third-order valence-electron chi connectivity index (χ3n) is 5.45. The number of aryl methyl sites for hydroxylation is 2. The molecule has 2 N–H and O–H groups in total. The highest BCUT2D eigenvalue weighted by atomic mass is 19.4.